The predicted molar refractivity (Wildman–Crippen MR) is 50.2 cm³/mol. The van der Waals surface area contributed by atoms with E-state index in [1.807, 2.05) is 6.92 Å². The van der Waals surface area contributed by atoms with E-state index in [-0.39, 0.29) is 31.2 Å². The molecule has 0 unspecified atom stereocenters. The van der Waals surface area contributed by atoms with Crippen molar-refractivity contribution < 1.29 is 19.8 Å². The zero-order valence-electron chi connectivity index (χ0n) is 7.52. The van der Waals surface area contributed by atoms with Crippen molar-refractivity contribution in [3.8, 4) is 0 Å². The number of aliphatic carboxylic acids is 2. The lowest BCUT2D eigenvalue weighted by Gasteiger charge is -2.06. The Labute approximate surface area is 83.4 Å². The van der Waals surface area contributed by atoms with Crippen molar-refractivity contribution in [3.05, 3.63) is 0 Å². The summed E-state index contributed by atoms with van der Waals surface area (Å²) in [4.78, 5) is 20.3. The van der Waals surface area contributed by atoms with Crippen molar-refractivity contribution >= 4 is 24.3 Å². The van der Waals surface area contributed by atoms with Gasteiger partial charge < -0.3 is 10.2 Å². The maximum Gasteiger partial charge on any atom is 0.303 e. The molecule has 0 aromatic carbocycles. The third-order valence-electron chi connectivity index (χ3n) is 1.70. The molecule has 0 aromatic heterocycles. The quantitative estimate of drug-likeness (QED) is 0.701. The van der Waals surface area contributed by atoms with Gasteiger partial charge >= 0.3 is 11.9 Å². The van der Waals surface area contributed by atoms with Crippen LogP contribution in [0.15, 0.2) is 0 Å². The molecule has 0 spiro atoms. The van der Waals surface area contributed by atoms with Crippen LogP contribution in [-0.2, 0) is 9.59 Å². The van der Waals surface area contributed by atoms with Crippen LogP contribution in [0.4, 0.5) is 0 Å². The van der Waals surface area contributed by atoms with Gasteiger partial charge in [0.1, 0.15) is 0 Å². The summed E-state index contributed by atoms with van der Waals surface area (Å²) in [6.07, 6.45) is 1.37. The molecule has 13 heavy (non-hydrogen) atoms. The minimum absolute atomic E-state index is 0. The van der Waals surface area contributed by atoms with Crippen LogP contribution < -0.4 is 0 Å². The highest BCUT2D eigenvalue weighted by molar-refractivity contribution is 5.85. The molecule has 0 rings (SSSR count). The van der Waals surface area contributed by atoms with Gasteiger partial charge in [0.15, 0.2) is 0 Å². The van der Waals surface area contributed by atoms with E-state index >= 15 is 0 Å². The van der Waals surface area contributed by atoms with Gasteiger partial charge in [-0.05, 0) is 18.8 Å². The Bertz CT molecular complexity index is 152. The summed E-state index contributed by atoms with van der Waals surface area (Å²) < 4.78 is 0. The zero-order chi connectivity index (χ0) is 9.56. The van der Waals surface area contributed by atoms with Crippen LogP contribution >= 0.6 is 12.4 Å². The molecule has 4 nitrogen and oxygen atoms in total. The third kappa shape index (κ3) is 11.2. The second-order valence-electron chi connectivity index (χ2n) is 2.97. The Kier molecular flexibility index (Phi) is 8.91. The summed E-state index contributed by atoms with van der Waals surface area (Å²) in [6.45, 7) is 1.87. The van der Waals surface area contributed by atoms with Gasteiger partial charge in [-0.2, -0.15) is 0 Å². The normalized spacial score (nSPS) is 9.38. The first-order chi connectivity index (χ1) is 5.52. The fourth-order valence-corrected chi connectivity index (χ4v) is 0.884. The monoisotopic (exact) mass is 210 g/mol. The molecule has 0 bridgehead atoms. The Morgan fingerprint density at radius 3 is 1.62 bits per heavy atom. The molecule has 0 radical (unpaired) electrons. The molecule has 0 amide bonds. The Morgan fingerprint density at radius 1 is 1.08 bits per heavy atom. The minimum Gasteiger partial charge on any atom is -0.481 e. The lowest BCUT2D eigenvalue weighted by Crippen LogP contribution is -2.04. The van der Waals surface area contributed by atoms with E-state index in [1.165, 1.54) is 0 Å². The first-order valence-corrected chi connectivity index (χ1v) is 3.96. The summed E-state index contributed by atoms with van der Waals surface area (Å²) in [5, 5.41) is 16.6. The topological polar surface area (TPSA) is 74.6 Å². The fourth-order valence-electron chi connectivity index (χ4n) is 0.884. The molecule has 78 valence electrons. The van der Waals surface area contributed by atoms with Crippen LogP contribution in [0.25, 0.3) is 0 Å². The molecule has 0 saturated heterocycles. The van der Waals surface area contributed by atoms with Crippen molar-refractivity contribution in [1.82, 2.24) is 0 Å². The van der Waals surface area contributed by atoms with Gasteiger partial charge in [0.05, 0.1) is 0 Å². The van der Waals surface area contributed by atoms with Crippen molar-refractivity contribution in [1.29, 1.82) is 0 Å². The van der Waals surface area contributed by atoms with Crippen LogP contribution in [0.3, 0.4) is 0 Å². The van der Waals surface area contributed by atoms with Crippen molar-refractivity contribution in [3.63, 3.8) is 0 Å². The molecule has 0 aliphatic heterocycles. The SMILES string of the molecule is CC(CCC(=O)O)CCC(=O)O.Cl. The van der Waals surface area contributed by atoms with E-state index in [0.717, 1.165) is 0 Å². The summed E-state index contributed by atoms with van der Waals surface area (Å²) in [7, 11) is 0. The number of carbonyl (C=O) groups is 2. The van der Waals surface area contributed by atoms with E-state index in [2.05, 4.69) is 0 Å². The zero-order valence-corrected chi connectivity index (χ0v) is 8.34. The van der Waals surface area contributed by atoms with Gasteiger partial charge in [-0.25, -0.2) is 0 Å². The molecule has 2 N–H and O–H groups in total. The highest BCUT2D eigenvalue weighted by Crippen LogP contribution is 2.12. The highest BCUT2D eigenvalue weighted by Gasteiger charge is 2.07. The van der Waals surface area contributed by atoms with Gasteiger partial charge in [-0.1, -0.05) is 6.92 Å². The van der Waals surface area contributed by atoms with E-state index in [9.17, 15) is 9.59 Å². The molecule has 0 atom stereocenters. The van der Waals surface area contributed by atoms with Gasteiger partial charge in [-0.3, -0.25) is 9.59 Å². The third-order valence-corrected chi connectivity index (χ3v) is 1.70. The average molecular weight is 211 g/mol. The lowest BCUT2D eigenvalue weighted by atomic mass is 10.00. The van der Waals surface area contributed by atoms with Crippen LogP contribution in [0.2, 0.25) is 0 Å². The first kappa shape index (κ1) is 14.7. The molecule has 0 heterocycles. The van der Waals surface area contributed by atoms with Crippen molar-refractivity contribution in [2.24, 2.45) is 5.92 Å². The molecule has 0 aliphatic carbocycles. The molecular weight excluding hydrogens is 196 g/mol. The average Bonchev–Trinajstić information content (AvgIpc) is 1.96. The van der Waals surface area contributed by atoms with E-state index < -0.39 is 11.9 Å². The highest BCUT2D eigenvalue weighted by atomic mass is 35.5. The van der Waals surface area contributed by atoms with Crippen LogP contribution in [-0.4, -0.2) is 22.2 Å². The summed E-state index contributed by atoms with van der Waals surface area (Å²) >= 11 is 0. The molecule has 0 aliphatic rings. The number of carboxylic acids is 2. The fraction of sp³-hybridized carbons (Fsp3) is 0.750. The van der Waals surface area contributed by atoms with Crippen molar-refractivity contribution in [2.75, 3.05) is 0 Å². The molecule has 0 saturated carbocycles. The molecule has 0 aromatic rings. The number of hydrogen-bond acceptors (Lipinski definition) is 2. The van der Waals surface area contributed by atoms with Gasteiger partial charge in [0.25, 0.3) is 0 Å². The van der Waals surface area contributed by atoms with E-state index in [0.29, 0.717) is 12.8 Å². The standard InChI is InChI=1S/C8H14O4.ClH/c1-6(2-4-7(9)10)3-5-8(11)12;/h6H,2-5H2,1H3,(H,9,10)(H,11,12);1H. The molecule has 0 fully saturated rings. The number of carboxylic acid groups (broad SMARTS) is 2. The second kappa shape index (κ2) is 7.86. The summed E-state index contributed by atoms with van der Waals surface area (Å²) in [5.74, 6) is -1.47. The van der Waals surface area contributed by atoms with Crippen LogP contribution in [0, 0.1) is 5.92 Å². The smallest absolute Gasteiger partial charge is 0.303 e. The minimum atomic E-state index is -0.822. The van der Waals surface area contributed by atoms with Crippen LogP contribution in [0.5, 0.6) is 0 Å². The summed E-state index contributed by atoms with van der Waals surface area (Å²) in [5.41, 5.74) is 0. The lowest BCUT2D eigenvalue weighted by molar-refractivity contribution is -0.137. The Morgan fingerprint density at radius 2 is 1.38 bits per heavy atom. The summed E-state index contributed by atoms with van der Waals surface area (Å²) in [6, 6.07) is 0. The predicted octanol–water partition coefficient (Wildman–Crippen LogP) is 1.77. The Balaban J connectivity index is 0. The second-order valence-corrected chi connectivity index (χ2v) is 2.97. The van der Waals surface area contributed by atoms with Gasteiger partial charge in [-0.15, -0.1) is 12.4 Å². The molecule has 5 heteroatoms. The number of halogens is 1. The van der Waals surface area contributed by atoms with E-state index in [1.54, 1.807) is 0 Å². The number of rotatable bonds is 6. The number of hydrogen-bond donors (Lipinski definition) is 2. The van der Waals surface area contributed by atoms with Crippen molar-refractivity contribution in [2.45, 2.75) is 32.6 Å². The molecular formula is C8H15ClO4. The Hall–Kier alpha value is -0.770. The van der Waals surface area contributed by atoms with Gasteiger partial charge in [0, 0.05) is 12.8 Å². The maximum atomic E-state index is 10.1. The first-order valence-electron chi connectivity index (χ1n) is 3.96. The van der Waals surface area contributed by atoms with Gasteiger partial charge in [0.2, 0.25) is 0 Å². The van der Waals surface area contributed by atoms with Crippen LogP contribution in [0.1, 0.15) is 32.6 Å². The van der Waals surface area contributed by atoms with E-state index in [4.69, 9.17) is 10.2 Å². The largest absolute Gasteiger partial charge is 0.481 e. The maximum absolute atomic E-state index is 10.1.